The lowest BCUT2D eigenvalue weighted by Gasteiger charge is -2.16. The molecule has 0 saturated heterocycles. The first-order chi connectivity index (χ1) is 10.2. The minimum Gasteiger partial charge on any atom is -0.366 e. The predicted molar refractivity (Wildman–Crippen MR) is 82.1 cm³/mol. The first-order valence-electron chi connectivity index (χ1n) is 7.36. The van der Waals surface area contributed by atoms with Gasteiger partial charge in [-0.25, -0.2) is 0 Å². The molecule has 0 fully saturated rings. The van der Waals surface area contributed by atoms with Gasteiger partial charge in [0.15, 0.2) is 5.78 Å². The molecule has 1 aromatic heterocycles. The molecule has 0 N–H and O–H groups in total. The number of hydrogen-bond acceptors (Lipinski definition) is 3. The fourth-order valence-corrected chi connectivity index (χ4v) is 2.35. The Balaban J connectivity index is 2.17. The van der Waals surface area contributed by atoms with E-state index >= 15 is 0 Å². The largest absolute Gasteiger partial charge is 0.366 e. The summed E-state index contributed by atoms with van der Waals surface area (Å²) in [6.45, 7) is 4.47. The van der Waals surface area contributed by atoms with Gasteiger partial charge in [-0.05, 0) is 25.0 Å². The minimum absolute atomic E-state index is 0.0636. The molecule has 1 unspecified atom stereocenters. The highest BCUT2D eigenvalue weighted by Crippen LogP contribution is 2.20. The number of carbonyl (C=O) groups is 1. The number of ether oxygens (including phenoxy) is 1. The van der Waals surface area contributed by atoms with Crippen LogP contribution >= 0.6 is 0 Å². The summed E-state index contributed by atoms with van der Waals surface area (Å²) in [5, 5.41) is 4.38. The van der Waals surface area contributed by atoms with Crippen LogP contribution in [0.1, 0.15) is 36.9 Å². The van der Waals surface area contributed by atoms with E-state index in [0.717, 1.165) is 23.4 Å². The maximum atomic E-state index is 12.6. The lowest BCUT2D eigenvalue weighted by molar-refractivity contribution is -0.130. The van der Waals surface area contributed by atoms with Gasteiger partial charge in [-0.3, -0.25) is 9.48 Å². The van der Waals surface area contributed by atoms with Gasteiger partial charge in [-0.1, -0.05) is 37.3 Å². The van der Waals surface area contributed by atoms with Crippen molar-refractivity contribution in [2.45, 2.75) is 32.8 Å². The van der Waals surface area contributed by atoms with Crippen LogP contribution in [-0.2, 0) is 29.4 Å². The van der Waals surface area contributed by atoms with Gasteiger partial charge in [0.1, 0.15) is 6.10 Å². The molecule has 0 saturated carbocycles. The van der Waals surface area contributed by atoms with Crippen LogP contribution in [0, 0.1) is 0 Å². The Morgan fingerprint density at radius 2 is 2.00 bits per heavy atom. The normalized spacial score (nSPS) is 12.3. The van der Waals surface area contributed by atoms with Crippen molar-refractivity contribution in [3.63, 3.8) is 0 Å². The maximum absolute atomic E-state index is 12.6. The third kappa shape index (κ3) is 3.79. The Bertz CT molecular complexity index is 590. The van der Waals surface area contributed by atoms with Gasteiger partial charge in [0.25, 0.3) is 0 Å². The molecule has 2 rings (SSSR count). The number of benzene rings is 1. The van der Waals surface area contributed by atoms with Crippen LogP contribution in [0.25, 0.3) is 0 Å². The average molecular weight is 286 g/mol. The molecule has 0 bridgehead atoms. The van der Waals surface area contributed by atoms with Gasteiger partial charge < -0.3 is 4.74 Å². The lowest BCUT2D eigenvalue weighted by Crippen LogP contribution is -2.19. The van der Waals surface area contributed by atoms with Crippen LogP contribution in [0.4, 0.5) is 0 Å². The highest BCUT2D eigenvalue weighted by atomic mass is 16.5. The van der Waals surface area contributed by atoms with Crippen molar-refractivity contribution in [3.8, 4) is 0 Å². The van der Waals surface area contributed by atoms with Crippen molar-refractivity contribution < 1.29 is 9.53 Å². The number of aryl methyl sites for hydroxylation is 2. The number of aromatic nitrogens is 2. The van der Waals surface area contributed by atoms with Crippen molar-refractivity contribution in [2.24, 2.45) is 7.05 Å². The van der Waals surface area contributed by atoms with E-state index in [1.54, 1.807) is 4.68 Å². The Hall–Kier alpha value is -1.94. The fourth-order valence-electron chi connectivity index (χ4n) is 2.35. The summed E-state index contributed by atoms with van der Waals surface area (Å²) in [6.07, 6.45) is 0.703. The molecule has 0 radical (unpaired) electrons. The van der Waals surface area contributed by atoms with Gasteiger partial charge in [0.05, 0.1) is 12.1 Å². The number of Topliss-reactive ketones (excluding diaryl/α,β-unsaturated/α-hetero) is 1. The van der Waals surface area contributed by atoms with Gasteiger partial charge >= 0.3 is 0 Å². The van der Waals surface area contributed by atoms with Crippen LogP contribution in [0.5, 0.6) is 0 Å². The first-order valence-corrected chi connectivity index (χ1v) is 7.36. The van der Waals surface area contributed by atoms with Gasteiger partial charge in [-0.15, -0.1) is 0 Å². The number of rotatable bonds is 7. The summed E-state index contributed by atoms with van der Waals surface area (Å²) >= 11 is 0. The van der Waals surface area contributed by atoms with Crippen LogP contribution in [0.3, 0.4) is 0 Å². The molecule has 4 heteroatoms. The van der Waals surface area contributed by atoms with E-state index in [-0.39, 0.29) is 5.78 Å². The molecule has 0 aliphatic carbocycles. The molecule has 1 aromatic carbocycles. The van der Waals surface area contributed by atoms with Crippen molar-refractivity contribution >= 4 is 5.78 Å². The van der Waals surface area contributed by atoms with E-state index in [1.165, 1.54) is 0 Å². The van der Waals surface area contributed by atoms with Crippen molar-refractivity contribution in [3.05, 3.63) is 53.3 Å². The second-order valence-corrected chi connectivity index (χ2v) is 4.99. The van der Waals surface area contributed by atoms with E-state index in [4.69, 9.17) is 4.74 Å². The number of hydrogen-bond donors (Lipinski definition) is 0. The van der Waals surface area contributed by atoms with E-state index in [9.17, 15) is 4.79 Å². The summed E-state index contributed by atoms with van der Waals surface area (Å²) in [6, 6.07) is 11.6. The summed E-state index contributed by atoms with van der Waals surface area (Å²) in [4.78, 5) is 12.6. The lowest BCUT2D eigenvalue weighted by atomic mass is 10.0. The summed E-state index contributed by atoms with van der Waals surface area (Å²) < 4.78 is 7.44. The third-order valence-electron chi connectivity index (χ3n) is 3.47. The van der Waals surface area contributed by atoms with E-state index in [1.807, 2.05) is 50.4 Å². The van der Waals surface area contributed by atoms with Gasteiger partial charge in [-0.2, -0.15) is 5.10 Å². The molecule has 0 aliphatic rings. The zero-order valence-corrected chi connectivity index (χ0v) is 12.9. The quantitative estimate of drug-likeness (QED) is 0.786. The molecule has 4 nitrogen and oxygen atoms in total. The molecule has 0 spiro atoms. The smallest absolute Gasteiger partial charge is 0.172 e. The molecule has 112 valence electrons. The molecular weight excluding hydrogens is 264 g/mol. The van der Waals surface area contributed by atoms with Crippen LogP contribution in [0.2, 0.25) is 0 Å². The third-order valence-corrected chi connectivity index (χ3v) is 3.47. The standard InChI is InChI=1S/C17H22N2O2/c1-4-14-11-15(19(3)18-14)12-16(20)17(21-5-2)13-9-7-6-8-10-13/h6-11,17H,4-5,12H2,1-3H3. The zero-order valence-electron chi connectivity index (χ0n) is 12.9. The molecule has 1 atom stereocenters. The van der Waals surface area contributed by atoms with Crippen LogP contribution in [-0.4, -0.2) is 22.2 Å². The minimum atomic E-state index is -0.504. The van der Waals surface area contributed by atoms with Gasteiger partial charge in [0.2, 0.25) is 0 Å². The van der Waals surface area contributed by atoms with Crippen LogP contribution in [0.15, 0.2) is 36.4 Å². The van der Waals surface area contributed by atoms with E-state index in [0.29, 0.717) is 13.0 Å². The van der Waals surface area contributed by atoms with Crippen molar-refractivity contribution in [1.29, 1.82) is 0 Å². The molecule has 0 amide bonds. The second-order valence-electron chi connectivity index (χ2n) is 4.99. The van der Waals surface area contributed by atoms with Crippen molar-refractivity contribution in [1.82, 2.24) is 9.78 Å². The molecule has 21 heavy (non-hydrogen) atoms. The van der Waals surface area contributed by atoms with Crippen LogP contribution < -0.4 is 0 Å². The van der Waals surface area contributed by atoms with Gasteiger partial charge in [0, 0.05) is 19.3 Å². The molecule has 0 aliphatic heterocycles. The van der Waals surface area contributed by atoms with E-state index in [2.05, 4.69) is 12.0 Å². The SMILES string of the molecule is CCOC(C(=O)Cc1cc(CC)nn1C)c1ccccc1. The predicted octanol–water partition coefficient (Wildman–Crippen LogP) is 2.87. The fraction of sp³-hybridized carbons (Fsp3) is 0.412. The monoisotopic (exact) mass is 286 g/mol. The Morgan fingerprint density at radius 3 is 2.57 bits per heavy atom. The molecule has 2 aromatic rings. The van der Waals surface area contributed by atoms with Crippen molar-refractivity contribution in [2.75, 3.05) is 6.61 Å². The molecular formula is C17H22N2O2. The average Bonchev–Trinajstić information content (AvgIpc) is 2.86. The highest BCUT2D eigenvalue weighted by molar-refractivity contribution is 5.86. The second kappa shape index (κ2) is 7.18. The maximum Gasteiger partial charge on any atom is 0.172 e. The number of carbonyl (C=O) groups excluding carboxylic acids is 1. The summed E-state index contributed by atoms with van der Waals surface area (Å²) in [5.41, 5.74) is 2.84. The number of nitrogens with zero attached hydrogens (tertiary/aromatic N) is 2. The molecule has 1 heterocycles. The van der Waals surface area contributed by atoms with E-state index < -0.39 is 6.10 Å². The Labute approximate surface area is 125 Å². The summed E-state index contributed by atoms with van der Waals surface area (Å²) in [7, 11) is 1.87. The highest BCUT2D eigenvalue weighted by Gasteiger charge is 2.22. The first kappa shape index (κ1) is 15.4. The summed E-state index contributed by atoms with van der Waals surface area (Å²) in [5.74, 6) is 0.0636. The Morgan fingerprint density at radius 1 is 1.29 bits per heavy atom. The topological polar surface area (TPSA) is 44.1 Å². The Kier molecular flexibility index (Phi) is 5.28. The zero-order chi connectivity index (χ0) is 15.2. The number of ketones is 1.